The van der Waals surface area contributed by atoms with Crippen LogP contribution >= 0.6 is 0 Å². The molecule has 0 bridgehead atoms. The van der Waals surface area contributed by atoms with Crippen molar-refractivity contribution in [3.8, 4) is 11.5 Å². The van der Waals surface area contributed by atoms with Gasteiger partial charge in [0.25, 0.3) is 10.0 Å². The van der Waals surface area contributed by atoms with Gasteiger partial charge < -0.3 is 14.8 Å². The fraction of sp³-hybridized carbons (Fsp3) is 0.296. The van der Waals surface area contributed by atoms with Gasteiger partial charge in [-0.2, -0.15) is 0 Å². The quantitative estimate of drug-likeness (QED) is 0.412. The number of sulfonamides is 1. The van der Waals surface area contributed by atoms with E-state index in [4.69, 9.17) is 9.47 Å². The minimum Gasteiger partial charge on any atom is -0.497 e. The Morgan fingerprint density at radius 2 is 1.54 bits per heavy atom. The first-order chi connectivity index (χ1) is 16.8. The van der Waals surface area contributed by atoms with E-state index >= 15 is 0 Å². The van der Waals surface area contributed by atoms with Crippen molar-refractivity contribution in [2.45, 2.75) is 31.2 Å². The number of rotatable bonds is 11. The Kier molecular flexibility index (Phi) is 8.76. The van der Waals surface area contributed by atoms with E-state index in [1.807, 2.05) is 30.3 Å². The zero-order chi connectivity index (χ0) is 25.4. The van der Waals surface area contributed by atoms with E-state index in [9.17, 15) is 13.2 Å². The molecular formula is C27H32N2O5S. The second-order valence-electron chi connectivity index (χ2n) is 8.52. The number of nitrogens with one attached hydrogen (secondary N) is 1. The fourth-order valence-electron chi connectivity index (χ4n) is 3.82. The number of amides is 1. The number of carbonyl (C=O) groups excluding carboxylic acids is 1. The van der Waals surface area contributed by atoms with Gasteiger partial charge >= 0.3 is 0 Å². The molecule has 7 nitrogen and oxygen atoms in total. The van der Waals surface area contributed by atoms with Crippen LogP contribution in [0.25, 0.3) is 0 Å². The average molecular weight is 497 g/mol. The van der Waals surface area contributed by atoms with Gasteiger partial charge in [0.1, 0.15) is 18.0 Å². The number of ether oxygens (including phenoxy) is 2. The molecule has 0 radical (unpaired) electrons. The smallest absolute Gasteiger partial charge is 0.264 e. The van der Waals surface area contributed by atoms with Crippen molar-refractivity contribution in [3.63, 3.8) is 0 Å². The van der Waals surface area contributed by atoms with Crippen molar-refractivity contribution < 1.29 is 22.7 Å². The van der Waals surface area contributed by atoms with Gasteiger partial charge in [-0.1, -0.05) is 62.4 Å². The lowest BCUT2D eigenvalue weighted by atomic mass is 9.97. The second kappa shape index (κ2) is 11.8. The number of nitrogens with zero attached hydrogens (tertiary/aromatic N) is 1. The molecule has 0 fully saturated rings. The third-order valence-electron chi connectivity index (χ3n) is 5.52. The predicted molar refractivity (Wildman–Crippen MR) is 137 cm³/mol. The van der Waals surface area contributed by atoms with Crippen LogP contribution in [0.4, 0.5) is 5.69 Å². The zero-order valence-corrected chi connectivity index (χ0v) is 21.3. The summed E-state index contributed by atoms with van der Waals surface area (Å²) < 4.78 is 39.3. The highest BCUT2D eigenvalue weighted by Gasteiger charge is 2.30. The topological polar surface area (TPSA) is 84.9 Å². The number of hydrogen-bond acceptors (Lipinski definition) is 5. The molecule has 0 spiro atoms. The van der Waals surface area contributed by atoms with E-state index in [0.717, 1.165) is 9.87 Å². The summed E-state index contributed by atoms with van der Waals surface area (Å²) in [7, 11) is -1.15. The molecule has 0 aliphatic rings. The summed E-state index contributed by atoms with van der Waals surface area (Å²) in [5.74, 6) is 0.642. The van der Waals surface area contributed by atoms with Crippen LogP contribution in [0.3, 0.4) is 0 Å². The molecule has 0 unspecified atom stereocenters. The summed E-state index contributed by atoms with van der Waals surface area (Å²) >= 11 is 0. The molecule has 0 aliphatic carbocycles. The summed E-state index contributed by atoms with van der Waals surface area (Å²) in [4.78, 5) is 13.4. The van der Waals surface area contributed by atoms with Crippen molar-refractivity contribution in [3.05, 3.63) is 84.4 Å². The van der Waals surface area contributed by atoms with Gasteiger partial charge in [-0.15, -0.1) is 0 Å². The Labute approximate surface area is 207 Å². The van der Waals surface area contributed by atoms with Crippen LogP contribution in [0.15, 0.2) is 83.8 Å². The van der Waals surface area contributed by atoms with Crippen LogP contribution in [0.2, 0.25) is 0 Å². The van der Waals surface area contributed by atoms with Crippen LogP contribution in [-0.2, 0) is 14.8 Å². The SMILES string of the molecule is COc1ccc(OC)c(N(CC(=O)N[C@@H](CC(C)C)c2ccccc2)S(=O)(=O)c2ccccc2)c1. The summed E-state index contributed by atoms with van der Waals surface area (Å²) in [6.07, 6.45) is 0.712. The molecule has 0 aromatic heterocycles. The first-order valence-electron chi connectivity index (χ1n) is 11.4. The van der Waals surface area contributed by atoms with Gasteiger partial charge in [0.2, 0.25) is 5.91 Å². The van der Waals surface area contributed by atoms with E-state index in [2.05, 4.69) is 19.2 Å². The Hall–Kier alpha value is -3.52. The first kappa shape index (κ1) is 26.1. The van der Waals surface area contributed by atoms with Crippen LogP contribution in [0.5, 0.6) is 11.5 Å². The maximum atomic E-state index is 13.7. The van der Waals surface area contributed by atoms with Gasteiger partial charge in [0.15, 0.2) is 0 Å². The number of methoxy groups -OCH3 is 2. The van der Waals surface area contributed by atoms with Crippen LogP contribution in [0, 0.1) is 5.92 Å². The molecule has 8 heteroatoms. The number of hydrogen-bond donors (Lipinski definition) is 1. The largest absolute Gasteiger partial charge is 0.497 e. The minimum atomic E-state index is -4.09. The molecule has 1 N–H and O–H groups in total. The molecule has 0 heterocycles. The van der Waals surface area contributed by atoms with E-state index in [1.165, 1.54) is 26.4 Å². The third-order valence-corrected chi connectivity index (χ3v) is 7.29. The lowest BCUT2D eigenvalue weighted by Gasteiger charge is -2.28. The summed E-state index contributed by atoms with van der Waals surface area (Å²) in [5.41, 5.74) is 1.18. The van der Waals surface area contributed by atoms with Crippen molar-refractivity contribution in [2.75, 3.05) is 25.1 Å². The maximum absolute atomic E-state index is 13.7. The molecule has 0 saturated carbocycles. The zero-order valence-electron chi connectivity index (χ0n) is 20.5. The van der Waals surface area contributed by atoms with E-state index < -0.39 is 22.5 Å². The Morgan fingerprint density at radius 3 is 2.11 bits per heavy atom. The lowest BCUT2D eigenvalue weighted by molar-refractivity contribution is -0.120. The molecule has 186 valence electrons. The average Bonchev–Trinajstić information content (AvgIpc) is 2.87. The van der Waals surface area contributed by atoms with Gasteiger partial charge in [-0.25, -0.2) is 8.42 Å². The van der Waals surface area contributed by atoms with Crippen LogP contribution in [-0.4, -0.2) is 35.1 Å². The molecule has 3 aromatic rings. The Morgan fingerprint density at radius 1 is 0.914 bits per heavy atom. The first-order valence-corrected chi connectivity index (χ1v) is 12.8. The molecule has 3 rings (SSSR count). The van der Waals surface area contributed by atoms with E-state index in [0.29, 0.717) is 23.8 Å². The van der Waals surface area contributed by atoms with Crippen LogP contribution in [0.1, 0.15) is 31.9 Å². The molecule has 35 heavy (non-hydrogen) atoms. The van der Waals surface area contributed by atoms with Gasteiger partial charge in [0.05, 0.1) is 30.8 Å². The summed E-state index contributed by atoms with van der Waals surface area (Å²) in [6, 6.07) is 22.3. The lowest BCUT2D eigenvalue weighted by Crippen LogP contribution is -2.42. The minimum absolute atomic E-state index is 0.0689. The third kappa shape index (κ3) is 6.54. The predicted octanol–water partition coefficient (Wildman–Crippen LogP) is 4.80. The standard InChI is InChI=1S/C27H32N2O5S/c1-20(2)17-24(21-11-7-5-8-12-21)28-27(30)19-29(35(31,32)23-13-9-6-10-14-23)25-18-22(33-3)15-16-26(25)34-4/h5-16,18,20,24H,17,19H2,1-4H3,(H,28,30)/t24-/m0/s1. The number of benzene rings is 3. The normalized spacial score (nSPS) is 12.1. The molecule has 1 amide bonds. The van der Waals surface area contributed by atoms with Crippen molar-refractivity contribution in [1.29, 1.82) is 0 Å². The monoisotopic (exact) mass is 496 g/mol. The number of anilines is 1. The van der Waals surface area contributed by atoms with Gasteiger partial charge in [-0.05, 0) is 42.2 Å². The second-order valence-corrected chi connectivity index (χ2v) is 10.4. The van der Waals surface area contributed by atoms with Crippen molar-refractivity contribution in [1.82, 2.24) is 5.32 Å². The van der Waals surface area contributed by atoms with Gasteiger partial charge in [0, 0.05) is 6.07 Å². The molecule has 1 atom stereocenters. The van der Waals surface area contributed by atoms with E-state index in [-0.39, 0.29) is 16.6 Å². The Balaban J connectivity index is 2.01. The number of carbonyl (C=O) groups is 1. The molecule has 0 aliphatic heterocycles. The van der Waals surface area contributed by atoms with Crippen LogP contribution < -0.4 is 19.1 Å². The summed E-state index contributed by atoms with van der Waals surface area (Å²) in [5, 5.41) is 3.04. The highest BCUT2D eigenvalue weighted by atomic mass is 32.2. The summed E-state index contributed by atoms with van der Waals surface area (Å²) in [6.45, 7) is 3.73. The fourth-order valence-corrected chi connectivity index (χ4v) is 5.26. The van der Waals surface area contributed by atoms with Crippen molar-refractivity contribution in [2.24, 2.45) is 5.92 Å². The molecular weight excluding hydrogens is 464 g/mol. The van der Waals surface area contributed by atoms with E-state index in [1.54, 1.807) is 36.4 Å². The molecule has 0 saturated heterocycles. The molecule has 3 aromatic carbocycles. The Bertz CT molecular complexity index is 1210. The highest BCUT2D eigenvalue weighted by Crippen LogP contribution is 2.35. The highest BCUT2D eigenvalue weighted by molar-refractivity contribution is 7.92. The van der Waals surface area contributed by atoms with Gasteiger partial charge in [-0.3, -0.25) is 9.10 Å². The van der Waals surface area contributed by atoms with Crippen molar-refractivity contribution >= 4 is 21.6 Å². The maximum Gasteiger partial charge on any atom is 0.264 e.